The molecule has 2 rings (SSSR count). The standard InChI is InChI=1S/C13H20N4O3S/c1-9(2)15-13(18)17-12-4-3-10(7-14-12)16-11-5-6-21(19,20)8-11/h3-4,7,9,11,16H,5-6,8H2,1-2H3,(H2,14,15,17,18). The molecule has 1 atom stereocenters. The molecule has 21 heavy (non-hydrogen) atoms. The van der Waals surface area contributed by atoms with E-state index in [1.807, 2.05) is 13.8 Å². The van der Waals surface area contributed by atoms with Gasteiger partial charge in [0.25, 0.3) is 0 Å². The van der Waals surface area contributed by atoms with Crippen molar-refractivity contribution in [1.29, 1.82) is 0 Å². The Morgan fingerprint density at radius 1 is 1.38 bits per heavy atom. The predicted molar refractivity (Wildman–Crippen MR) is 82.2 cm³/mol. The maximum atomic E-state index is 11.5. The first-order chi connectivity index (χ1) is 9.84. The minimum atomic E-state index is -2.90. The van der Waals surface area contributed by atoms with Gasteiger partial charge in [-0.2, -0.15) is 0 Å². The van der Waals surface area contributed by atoms with Crippen molar-refractivity contribution < 1.29 is 13.2 Å². The first-order valence-corrected chi connectivity index (χ1v) is 8.67. The first-order valence-electron chi connectivity index (χ1n) is 6.84. The van der Waals surface area contributed by atoms with E-state index in [0.29, 0.717) is 12.2 Å². The van der Waals surface area contributed by atoms with Gasteiger partial charge in [-0.05, 0) is 32.4 Å². The van der Waals surface area contributed by atoms with Gasteiger partial charge in [-0.3, -0.25) is 5.32 Å². The van der Waals surface area contributed by atoms with Crippen LogP contribution in [0.15, 0.2) is 18.3 Å². The molecule has 2 heterocycles. The first kappa shape index (κ1) is 15.6. The maximum Gasteiger partial charge on any atom is 0.320 e. The Balaban J connectivity index is 1.89. The summed E-state index contributed by atoms with van der Waals surface area (Å²) in [4.78, 5) is 15.6. The van der Waals surface area contributed by atoms with Crippen molar-refractivity contribution in [1.82, 2.24) is 10.3 Å². The zero-order valence-corrected chi connectivity index (χ0v) is 12.9. The number of carbonyl (C=O) groups excluding carboxylic acids is 1. The second-order valence-electron chi connectivity index (χ2n) is 5.43. The van der Waals surface area contributed by atoms with Gasteiger partial charge in [0.15, 0.2) is 9.84 Å². The number of hydrogen-bond donors (Lipinski definition) is 3. The third kappa shape index (κ3) is 4.89. The second-order valence-corrected chi connectivity index (χ2v) is 7.66. The molecule has 1 aliphatic heterocycles. The van der Waals surface area contributed by atoms with Crippen molar-refractivity contribution >= 4 is 27.4 Å². The van der Waals surface area contributed by atoms with E-state index in [4.69, 9.17) is 0 Å². The fourth-order valence-corrected chi connectivity index (χ4v) is 3.79. The van der Waals surface area contributed by atoms with Gasteiger partial charge in [-0.25, -0.2) is 18.2 Å². The molecule has 1 saturated heterocycles. The third-order valence-electron chi connectivity index (χ3n) is 3.03. The average molecular weight is 312 g/mol. The van der Waals surface area contributed by atoms with Gasteiger partial charge in [0, 0.05) is 12.1 Å². The van der Waals surface area contributed by atoms with Gasteiger partial charge >= 0.3 is 6.03 Å². The van der Waals surface area contributed by atoms with Crippen LogP contribution < -0.4 is 16.0 Å². The number of nitrogens with zero attached hydrogens (tertiary/aromatic N) is 1. The normalized spacial score (nSPS) is 20.2. The maximum absolute atomic E-state index is 11.5. The summed E-state index contributed by atoms with van der Waals surface area (Å²) >= 11 is 0. The summed E-state index contributed by atoms with van der Waals surface area (Å²) < 4.78 is 22.8. The smallest absolute Gasteiger partial charge is 0.320 e. The lowest BCUT2D eigenvalue weighted by Crippen LogP contribution is -2.34. The van der Waals surface area contributed by atoms with Crippen LogP contribution in [0.2, 0.25) is 0 Å². The zero-order chi connectivity index (χ0) is 15.5. The molecule has 8 heteroatoms. The molecule has 1 fully saturated rings. The summed E-state index contributed by atoms with van der Waals surface area (Å²) in [5.41, 5.74) is 0.743. The minimum absolute atomic E-state index is 0.0512. The van der Waals surface area contributed by atoms with Crippen LogP contribution in [0.3, 0.4) is 0 Å². The Morgan fingerprint density at radius 2 is 2.14 bits per heavy atom. The molecular weight excluding hydrogens is 292 g/mol. The van der Waals surface area contributed by atoms with E-state index in [0.717, 1.165) is 5.69 Å². The number of pyridine rings is 1. The predicted octanol–water partition coefficient (Wildman–Crippen LogP) is 1.21. The second kappa shape index (κ2) is 6.30. The third-order valence-corrected chi connectivity index (χ3v) is 4.80. The minimum Gasteiger partial charge on any atom is -0.380 e. The van der Waals surface area contributed by atoms with Gasteiger partial charge in [-0.1, -0.05) is 0 Å². The molecule has 1 aliphatic rings. The molecule has 1 aromatic heterocycles. The summed E-state index contributed by atoms with van der Waals surface area (Å²) in [5.74, 6) is 0.828. The molecule has 1 unspecified atom stereocenters. The van der Waals surface area contributed by atoms with Gasteiger partial charge in [0.1, 0.15) is 5.82 Å². The number of carbonyl (C=O) groups is 1. The topological polar surface area (TPSA) is 100 Å². The number of hydrogen-bond acceptors (Lipinski definition) is 5. The van der Waals surface area contributed by atoms with Crippen molar-refractivity contribution in [3.8, 4) is 0 Å². The zero-order valence-electron chi connectivity index (χ0n) is 12.1. The highest BCUT2D eigenvalue weighted by Crippen LogP contribution is 2.17. The van der Waals surface area contributed by atoms with Crippen LogP contribution >= 0.6 is 0 Å². The Morgan fingerprint density at radius 3 is 2.67 bits per heavy atom. The molecule has 7 nitrogen and oxygen atoms in total. The van der Waals surface area contributed by atoms with Gasteiger partial charge in [0.05, 0.1) is 23.4 Å². The van der Waals surface area contributed by atoms with Crippen molar-refractivity contribution in [3.05, 3.63) is 18.3 Å². The summed E-state index contributed by atoms with van der Waals surface area (Å²) in [5, 5.41) is 8.46. The molecular formula is C13H20N4O3S. The number of rotatable bonds is 4. The van der Waals surface area contributed by atoms with E-state index in [2.05, 4.69) is 20.9 Å². The summed E-state index contributed by atoms with van der Waals surface area (Å²) in [6, 6.07) is 3.12. The van der Waals surface area contributed by atoms with E-state index in [-0.39, 0.29) is 29.6 Å². The number of urea groups is 1. The number of nitrogens with one attached hydrogen (secondary N) is 3. The van der Waals surface area contributed by atoms with Crippen LogP contribution in [0.5, 0.6) is 0 Å². The lowest BCUT2D eigenvalue weighted by molar-refractivity contribution is 0.250. The molecule has 116 valence electrons. The lowest BCUT2D eigenvalue weighted by atomic mass is 10.2. The van der Waals surface area contributed by atoms with E-state index in [1.165, 1.54) is 0 Å². The van der Waals surface area contributed by atoms with Crippen LogP contribution in [0.1, 0.15) is 20.3 Å². The molecule has 0 saturated carbocycles. The Kier molecular flexibility index (Phi) is 4.66. The Hall–Kier alpha value is -1.83. The fourth-order valence-electron chi connectivity index (χ4n) is 2.11. The molecule has 0 bridgehead atoms. The van der Waals surface area contributed by atoms with Gasteiger partial charge in [0.2, 0.25) is 0 Å². The number of aromatic nitrogens is 1. The molecule has 0 radical (unpaired) electrons. The SMILES string of the molecule is CC(C)NC(=O)Nc1ccc(NC2CCS(=O)(=O)C2)cn1. The van der Waals surface area contributed by atoms with Crippen LogP contribution in [0, 0.1) is 0 Å². The van der Waals surface area contributed by atoms with Crippen LogP contribution in [0.25, 0.3) is 0 Å². The van der Waals surface area contributed by atoms with Crippen LogP contribution in [-0.4, -0.2) is 43.0 Å². The summed E-state index contributed by atoms with van der Waals surface area (Å²) in [6.45, 7) is 3.74. The largest absolute Gasteiger partial charge is 0.380 e. The summed E-state index contributed by atoms with van der Waals surface area (Å²) in [7, 11) is -2.90. The highest BCUT2D eigenvalue weighted by molar-refractivity contribution is 7.91. The molecule has 2 amide bonds. The number of anilines is 2. The van der Waals surface area contributed by atoms with Crippen LogP contribution in [-0.2, 0) is 9.84 Å². The fraction of sp³-hybridized carbons (Fsp3) is 0.538. The molecule has 0 aliphatic carbocycles. The van der Waals surface area contributed by atoms with Crippen LogP contribution in [0.4, 0.5) is 16.3 Å². The summed E-state index contributed by atoms with van der Waals surface area (Å²) in [6.07, 6.45) is 2.19. The van der Waals surface area contributed by atoms with Crippen molar-refractivity contribution in [2.75, 3.05) is 22.1 Å². The van der Waals surface area contributed by atoms with Gasteiger partial charge < -0.3 is 10.6 Å². The molecule has 3 N–H and O–H groups in total. The van der Waals surface area contributed by atoms with Crippen molar-refractivity contribution in [2.24, 2.45) is 0 Å². The average Bonchev–Trinajstić information content (AvgIpc) is 2.70. The molecule has 0 spiro atoms. The van der Waals surface area contributed by atoms with E-state index in [9.17, 15) is 13.2 Å². The quantitative estimate of drug-likeness (QED) is 0.776. The van der Waals surface area contributed by atoms with E-state index < -0.39 is 9.84 Å². The Labute approximate surface area is 124 Å². The number of sulfone groups is 1. The molecule has 1 aromatic rings. The monoisotopic (exact) mass is 312 g/mol. The van der Waals surface area contributed by atoms with Crippen molar-refractivity contribution in [2.45, 2.75) is 32.4 Å². The van der Waals surface area contributed by atoms with Gasteiger partial charge in [-0.15, -0.1) is 0 Å². The van der Waals surface area contributed by atoms with E-state index >= 15 is 0 Å². The highest BCUT2D eigenvalue weighted by Gasteiger charge is 2.27. The Bertz CT molecular complexity index is 598. The highest BCUT2D eigenvalue weighted by atomic mass is 32.2. The number of amides is 2. The van der Waals surface area contributed by atoms with E-state index in [1.54, 1.807) is 18.3 Å². The lowest BCUT2D eigenvalue weighted by Gasteiger charge is -2.13. The van der Waals surface area contributed by atoms with Crippen molar-refractivity contribution in [3.63, 3.8) is 0 Å². The molecule has 0 aromatic carbocycles.